The Morgan fingerprint density at radius 2 is 0.903 bits per heavy atom. The second-order valence-corrected chi connectivity index (χ2v) is 16.4. The van der Waals surface area contributed by atoms with E-state index in [4.69, 9.17) is 4.42 Å². The summed E-state index contributed by atoms with van der Waals surface area (Å²) >= 11 is 0. The standard InChI is InChI=1S/C56H35BN4O/c1-5-19-36(20-6-1)58(37-21-7-2-8-22-37)40-33-47-52-48(34-40)60(39-25-11-4-12-26-39)55-43-29-15-18-32-50(43)62-56(55)57(52)53-49(59(47)38-23-9-3-10-24-38)35-44-41-27-13-16-30-45(41)61-46-31-17-14-28-42(46)51(53)54(44)61/h1-35H. The van der Waals surface area contributed by atoms with Gasteiger partial charge in [0.05, 0.1) is 33.6 Å². The van der Waals surface area contributed by atoms with Gasteiger partial charge in [0.25, 0.3) is 6.71 Å². The van der Waals surface area contributed by atoms with Crippen molar-refractivity contribution in [2.45, 2.75) is 0 Å². The van der Waals surface area contributed by atoms with Gasteiger partial charge in [-0.05, 0) is 102 Å². The Morgan fingerprint density at radius 3 is 1.56 bits per heavy atom. The SMILES string of the molecule is c1ccc(N(c2ccccc2)c2cc3c4c(c2)N(c2ccccc2)c2c(oc5ccccc25)B4c2c(cc4c5ccccc5n5c6ccccc6c2c45)N3c2ccccc2)cc1. The van der Waals surface area contributed by atoms with Crippen LogP contribution in [0.15, 0.2) is 217 Å². The molecule has 6 heteroatoms. The molecule has 0 saturated heterocycles. The zero-order valence-corrected chi connectivity index (χ0v) is 33.5. The quantitative estimate of drug-likeness (QED) is 0.162. The second kappa shape index (κ2) is 12.6. The molecule has 0 N–H and O–H groups in total. The van der Waals surface area contributed by atoms with Crippen molar-refractivity contribution in [1.29, 1.82) is 0 Å². The summed E-state index contributed by atoms with van der Waals surface area (Å²) in [5, 5.41) is 6.09. The molecule has 5 nitrogen and oxygen atoms in total. The van der Waals surface area contributed by atoms with Crippen LogP contribution in [-0.2, 0) is 0 Å². The monoisotopic (exact) mass is 790 g/mol. The topological polar surface area (TPSA) is 27.3 Å². The minimum Gasteiger partial charge on any atom is -0.468 e. The van der Waals surface area contributed by atoms with Crippen LogP contribution in [0.25, 0.3) is 49.1 Å². The third kappa shape index (κ3) is 4.47. The van der Waals surface area contributed by atoms with Crippen LogP contribution in [0, 0.1) is 0 Å². The van der Waals surface area contributed by atoms with Crippen LogP contribution in [0.3, 0.4) is 0 Å². The van der Waals surface area contributed by atoms with E-state index >= 15 is 0 Å². The van der Waals surface area contributed by atoms with E-state index in [0.29, 0.717) is 0 Å². The average Bonchev–Trinajstić information content (AvgIpc) is 4.00. The minimum absolute atomic E-state index is 0.231. The summed E-state index contributed by atoms with van der Waals surface area (Å²) in [4.78, 5) is 7.39. The fourth-order valence-corrected chi connectivity index (χ4v) is 10.8. The molecule has 5 heterocycles. The number of anilines is 9. The predicted octanol–water partition coefficient (Wildman–Crippen LogP) is 13.1. The molecule has 0 unspecified atom stereocenters. The number of benzene rings is 9. The first kappa shape index (κ1) is 33.6. The van der Waals surface area contributed by atoms with Gasteiger partial charge < -0.3 is 23.5 Å². The van der Waals surface area contributed by atoms with E-state index in [9.17, 15) is 0 Å². The van der Waals surface area contributed by atoms with E-state index in [1.807, 2.05) is 0 Å². The van der Waals surface area contributed by atoms with Crippen molar-refractivity contribution in [2.75, 3.05) is 14.7 Å². The zero-order chi connectivity index (χ0) is 40.5. The molecule has 0 atom stereocenters. The molecule has 14 rings (SSSR count). The van der Waals surface area contributed by atoms with E-state index in [1.54, 1.807) is 0 Å². The zero-order valence-electron chi connectivity index (χ0n) is 33.5. The molecule has 0 radical (unpaired) electrons. The molecular formula is C56H35BN4O. The lowest BCUT2D eigenvalue weighted by Crippen LogP contribution is -2.61. The Hall–Kier alpha value is -8.22. The van der Waals surface area contributed by atoms with E-state index in [0.717, 1.165) is 67.8 Å². The molecule has 0 spiro atoms. The number of aromatic nitrogens is 1. The first-order valence-corrected chi connectivity index (χ1v) is 21.3. The van der Waals surface area contributed by atoms with Crippen LogP contribution in [0.5, 0.6) is 0 Å². The highest BCUT2D eigenvalue weighted by atomic mass is 16.3. The highest BCUT2D eigenvalue weighted by Crippen LogP contribution is 2.52. The largest absolute Gasteiger partial charge is 0.468 e. The number of hydrogen-bond donors (Lipinski definition) is 0. The Kier molecular flexibility index (Phi) is 6.85. The maximum absolute atomic E-state index is 7.30. The molecule has 288 valence electrons. The van der Waals surface area contributed by atoms with Gasteiger partial charge in [0.2, 0.25) is 0 Å². The molecule has 2 aliphatic rings. The van der Waals surface area contributed by atoms with Crippen molar-refractivity contribution < 1.29 is 4.42 Å². The molecule has 62 heavy (non-hydrogen) atoms. The molecule has 9 aromatic carbocycles. The summed E-state index contributed by atoms with van der Waals surface area (Å²) in [5.74, 6) is 0. The lowest BCUT2D eigenvalue weighted by Gasteiger charge is -2.43. The minimum atomic E-state index is -0.231. The average molecular weight is 791 g/mol. The Bertz CT molecular complexity index is 3680. The molecule has 0 fully saturated rings. The summed E-state index contributed by atoms with van der Waals surface area (Å²) in [7, 11) is 0. The van der Waals surface area contributed by atoms with Gasteiger partial charge in [0.15, 0.2) is 0 Å². The Morgan fingerprint density at radius 1 is 0.403 bits per heavy atom. The fourth-order valence-electron chi connectivity index (χ4n) is 10.8. The molecule has 12 aromatic rings. The van der Waals surface area contributed by atoms with E-state index in [1.165, 1.54) is 49.0 Å². The third-order valence-corrected chi connectivity index (χ3v) is 13.2. The number of fused-ring (bicyclic) bond motifs is 13. The van der Waals surface area contributed by atoms with Crippen molar-refractivity contribution in [3.05, 3.63) is 212 Å². The molecule has 0 bridgehead atoms. The molecule has 2 aliphatic heterocycles. The van der Waals surface area contributed by atoms with Crippen LogP contribution < -0.4 is 31.3 Å². The van der Waals surface area contributed by atoms with Gasteiger partial charge in [-0.15, -0.1) is 0 Å². The highest BCUT2D eigenvalue weighted by Gasteiger charge is 2.48. The van der Waals surface area contributed by atoms with Crippen LogP contribution >= 0.6 is 0 Å². The smallest absolute Gasteiger partial charge is 0.297 e. The third-order valence-electron chi connectivity index (χ3n) is 13.2. The number of hydrogen-bond acceptors (Lipinski definition) is 4. The van der Waals surface area contributed by atoms with Gasteiger partial charge in [-0.2, -0.15) is 0 Å². The van der Waals surface area contributed by atoms with Gasteiger partial charge in [-0.25, -0.2) is 0 Å². The first-order valence-electron chi connectivity index (χ1n) is 21.3. The van der Waals surface area contributed by atoms with Gasteiger partial charge in [0.1, 0.15) is 5.58 Å². The molecule has 0 amide bonds. The van der Waals surface area contributed by atoms with Crippen molar-refractivity contribution >= 4 is 124 Å². The Labute approximate surface area is 357 Å². The number of furan rings is 1. The fraction of sp³-hybridized carbons (Fsp3) is 0. The van der Waals surface area contributed by atoms with Crippen LogP contribution in [0.1, 0.15) is 0 Å². The summed E-state index contributed by atoms with van der Waals surface area (Å²) in [6.45, 7) is -0.231. The van der Waals surface area contributed by atoms with Crippen molar-refractivity contribution in [3.63, 3.8) is 0 Å². The van der Waals surface area contributed by atoms with Crippen molar-refractivity contribution in [1.82, 2.24) is 4.40 Å². The maximum atomic E-state index is 7.30. The van der Waals surface area contributed by atoms with Gasteiger partial charge in [-0.1, -0.05) is 121 Å². The summed E-state index contributed by atoms with van der Waals surface area (Å²) < 4.78 is 9.80. The first-order chi connectivity index (χ1) is 30.8. The van der Waals surface area contributed by atoms with Crippen molar-refractivity contribution in [3.8, 4) is 0 Å². The Balaban J connectivity index is 1.20. The second-order valence-electron chi connectivity index (χ2n) is 16.4. The lowest BCUT2D eigenvalue weighted by atomic mass is 9.35. The molecule has 0 saturated carbocycles. The normalized spacial score (nSPS) is 13.1. The number of nitrogens with zero attached hydrogens (tertiary/aromatic N) is 4. The van der Waals surface area contributed by atoms with Crippen LogP contribution in [0.2, 0.25) is 0 Å². The van der Waals surface area contributed by atoms with E-state index in [2.05, 4.69) is 231 Å². The molecular weight excluding hydrogens is 755 g/mol. The van der Waals surface area contributed by atoms with Gasteiger partial charge in [-0.3, -0.25) is 0 Å². The predicted molar refractivity (Wildman–Crippen MR) is 260 cm³/mol. The lowest BCUT2D eigenvalue weighted by molar-refractivity contribution is 0.651. The summed E-state index contributed by atoms with van der Waals surface area (Å²) in [6.07, 6.45) is 0. The van der Waals surface area contributed by atoms with Crippen LogP contribution in [-0.4, -0.2) is 11.1 Å². The summed E-state index contributed by atoms with van der Waals surface area (Å²) in [6, 6.07) is 76.9. The van der Waals surface area contributed by atoms with Crippen molar-refractivity contribution in [2.24, 2.45) is 0 Å². The summed E-state index contributed by atoms with van der Waals surface area (Å²) in [5.41, 5.74) is 17.9. The number of para-hydroxylation sites is 7. The maximum Gasteiger partial charge on any atom is 0.297 e. The van der Waals surface area contributed by atoms with Gasteiger partial charge in [0, 0.05) is 66.7 Å². The van der Waals surface area contributed by atoms with Crippen LogP contribution in [0.4, 0.5) is 51.2 Å². The van der Waals surface area contributed by atoms with E-state index in [-0.39, 0.29) is 6.71 Å². The number of rotatable bonds is 5. The highest BCUT2D eigenvalue weighted by molar-refractivity contribution is 7.01. The van der Waals surface area contributed by atoms with E-state index < -0.39 is 0 Å². The van der Waals surface area contributed by atoms with Gasteiger partial charge >= 0.3 is 0 Å². The molecule has 0 aliphatic carbocycles. The molecule has 3 aromatic heterocycles.